The molecule has 1 amide bonds. The van der Waals surface area contributed by atoms with Crippen LogP contribution in [0.15, 0.2) is 54.6 Å². The second-order valence-corrected chi connectivity index (χ2v) is 9.46. The lowest BCUT2D eigenvalue weighted by molar-refractivity contribution is -0.274. The summed E-state index contributed by atoms with van der Waals surface area (Å²) in [4.78, 5) is 24.5. The minimum Gasteiger partial charge on any atom is -0.482 e. The highest BCUT2D eigenvalue weighted by atomic mass is 35.5. The van der Waals surface area contributed by atoms with E-state index in [1.807, 2.05) is 0 Å². The van der Waals surface area contributed by atoms with Crippen LogP contribution < -0.4 is 14.4 Å². The number of carbonyl (C=O) groups excluding carboxylic acids is 1. The number of hydrogen-bond acceptors (Lipinski definition) is 5. The Morgan fingerprint density at radius 2 is 1.68 bits per heavy atom. The summed E-state index contributed by atoms with van der Waals surface area (Å²) in [7, 11) is 1.40. The number of halogens is 5. The zero-order valence-corrected chi connectivity index (χ0v) is 21.4. The standard InChI is InChI=1S/C26H20Cl2F3NO6/c1-13(17-10-15(4-6-19(17)27)38-16-5-7-20(28)18(11-16)24(34)35)25(36,26(29,30)31)14-3-8-22-21(9-14)32(2)23(33)12-37-22/h3-11,13,36H,12H2,1-2H3,(H,34,35)/t13-,25-/m0/s1. The van der Waals surface area contributed by atoms with Gasteiger partial charge in [-0.2, -0.15) is 13.2 Å². The normalized spacial score (nSPS) is 15.8. The van der Waals surface area contributed by atoms with Gasteiger partial charge < -0.3 is 24.6 Å². The first kappa shape index (κ1) is 27.6. The Labute approximate surface area is 224 Å². The van der Waals surface area contributed by atoms with Crippen LogP contribution in [-0.2, 0) is 10.4 Å². The topological polar surface area (TPSA) is 96.3 Å². The molecule has 1 heterocycles. The number of likely N-dealkylation sites (N-methyl/N-ethyl adjacent to an activating group) is 1. The summed E-state index contributed by atoms with van der Waals surface area (Å²) in [6.07, 6.45) is -5.16. The van der Waals surface area contributed by atoms with Crippen LogP contribution in [-0.4, -0.2) is 41.9 Å². The number of carboxylic acid groups (broad SMARTS) is 1. The summed E-state index contributed by atoms with van der Waals surface area (Å²) < 4.78 is 54.7. The largest absolute Gasteiger partial charge is 0.482 e. The van der Waals surface area contributed by atoms with Crippen molar-refractivity contribution in [2.75, 3.05) is 18.6 Å². The summed E-state index contributed by atoms with van der Waals surface area (Å²) in [5.74, 6) is -3.08. The van der Waals surface area contributed by atoms with Crippen LogP contribution >= 0.6 is 23.2 Å². The van der Waals surface area contributed by atoms with Gasteiger partial charge in [-0.25, -0.2) is 4.79 Å². The Balaban J connectivity index is 1.76. The maximum Gasteiger partial charge on any atom is 0.422 e. The molecule has 12 heteroatoms. The van der Waals surface area contributed by atoms with E-state index in [1.54, 1.807) is 0 Å². The van der Waals surface area contributed by atoms with Gasteiger partial charge >= 0.3 is 12.1 Å². The molecule has 2 atom stereocenters. The molecular formula is C26H20Cl2F3NO6. The molecule has 0 aromatic heterocycles. The van der Waals surface area contributed by atoms with Gasteiger partial charge in [-0.15, -0.1) is 0 Å². The Bertz CT molecular complexity index is 1430. The number of anilines is 1. The maximum atomic E-state index is 14.6. The molecule has 0 saturated heterocycles. The molecule has 0 spiro atoms. The van der Waals surface area contributed by atoms with Crippen LogP contribution in [0.25, 0.3) is 0 Å². The van der Waals surface area contributed by atoms with E-state index in [1.165, 1.54) is 49.5 Å². The number of hydrogen-bond donors (Lipinski definition) is 2. The van der Waals surface area contributed by atoms with Crippen molar-refractivity contribution in [2.24, 2.45) is 0 Å². The van der Waals surface area contributed by atoms with Crippen molar-refractivity contribution in [1.82, 2.24) is 0 Å². The number of carboxylic acids is 1. The van der Waals surface area contributed by atoms with Gasteiger partial charge in [0.1, 0.15) is 17.2 Å². The molecule has 7 nitrogen and oxygen atoms in total. The third-order valence-corrected chi connectivity index (χ3v) is 7.06. The number of amides is 1. The Hall–Kier alpha value is -3.47. The van der Waals surface area contributed by atoms with Crippen LogP contribution in [0.4, 0.5) is 18.9 Å². The zero-order chi connectivity index (χ0) is 28.0. The first-order valence-corrected chi connectivity index (χ1v) is 11.8. The smallest absolute Gasteiger partial charge is 0.422 e. The number of ether oxygens (including phenoxy) is 2. The van der Waals surface area contributed by atoms with E-state index in [0.29, 0.717) is 0 Å². The molecule has 4 rings (SSSR count). The van der Waals surface area contributed by atoms with E-state index in [0.717, 1.165) is 24.0 Å². The maximum absolute atomic E-state index is 14.6. The summed E-state index contributed by atoms with van der Waals surface area (Å²) in [5, 5.41) is 20.5. The molecule has 0 radical (unpaired) electrons. The molecule has 2 N–H and O–H groups in total. The fourth-order valence-electron chi connectivity index (χ4n) is 4.18. The Kier molecular flexibility index (Phi) is 7.26. The number of carbonyl (C=O) groups is 2. The highest BCUT2D eigenvalue weighted by molar-refractivity contribution is 6.33. The van der Waals surface area contributed by atoms with Crippen molar-refractivity contribution >= 4 is 40.8 Å². The van der Waals surface area contributed by atoms with Crippen molar-refractivity contribution < 1.29 is 42.4 Å². The van der Waals surface area contributed by atoms with Crippen molar-refractivity contribution in [3.05, 3.63) is 81.3 Å². The minimum atomic E-state index is -5.16. The zero-order valence-electron chi connectivity index (χ0n) is 19.8. The predicted molar refractivity (Wildman–Crippen MR) is 134 cm³/mol. The third-order valence-electron chi connectivity index (χ3n) is 6.38. The van der Waals surface area contributed by atoms with E-state index in [2.05, 4.69) is 0 Å². The summed E-state index contributed by atoms with van der Waals surface area (Å²) >= 11 is 12.2. The number of nitrogens with zero attached hydrogens (tertiary/aromatic N) is 1. The van der Waals surface area contributed by atoms with Crippen LogP contribution in [0, 0.1) is 0 Å². The minimum absolute atomic E-state index is 0.0201. The lowest BCUT2D eigenvalue weighted by atomic mass is 9.77. The highest BCUT2D eigenvalue weighted by Gasteiger charge is 2.59. The lowest BCUT2D eigenvalue weighted by Gasteiger charge is -2.38. The van der Waals surface area contributed by atoms with Crippen LogP contribution in [0.5, 0.6) is 17.2 Å². The number of fused-ring (bicyclic) bond motifs is 1. The van der Waals surface area contributed by atoms with Crippen molar-refractivity contribution in [2.45, 2.75) is 24.6 Å². The SMILES string of the molecule is C[C@@H](c1cc(Oc2ccc(Cl)c(C(=O)O)c2)ccc1Cl)[C@](O)(c1ccc2c(c1)N(C)C(=O)CO2)C(F)(F)F. The number of rotatable bonds is 6. The molecule has 3 aromatic carbocycles. The van der Waals surface area contributed by atoms with E-state index in [4.69, 9.17) is 32.7 Å². The molecule has 1 aliphatic rings. The average Bonchev–Trinajstić information content (AvgIpc) is 2.86. The highest BCUT2D eigenvalue weighted by Crippen LogP contribution is 2.51. The van der Waals surface area contributed by atoms with Crippen LogP contribution in [0.2, 0.25) is 10.0 Å². The molecule has 0 saturated carbocycles. The molecule has 0 bridgehead atoms. The average molecular weight is 570 g/mol. The van der Waals surface area contributed by atoms with Gasteiger partial charge in [-0.1, -0.05) is 36.2 Å². The molecule has 1 aliphatic heterocycles. The van der Waals surface area contributed by atoms with Gasteiger partial charge in [0, 0.05) is 18.0 Å². The molecule has 0 aliphatic carbocycles. The third kappa shape index (κ3) is 4.87. The van der Waals surface area contributed by atoms with Gasteiger partial charge in [-0.05, 0) is 59.7 Å². The first-order valence-electron chi connectivity index (χ1n) is 11.1. The fraction of sp³-hybridized carbons (Fsp3) is 0.231. The van der Waals surface area contributed by atoms with Crippen LogP contribution in [0.1, 0.15) is 34.3 Å². The molecule has 200 valence electrons. The number of alkyl halides is 3. The first-order chi connectivity index (χ1) is 17.7. The van der Waals surface area contributed by atoms with Gasteiger partial charge in [0.2, 0.25) is 0 Å². The quantitative estimate of drug-likeness (QED) is 0.357. The molecule has 38 heavy (non-hydrogen) atoms. The fourth-order valence-corrected chi connectivity index (χ4v) is 4.66. The second-order valence-electron chi connectivity index (χ2n) is 8.64. The molecule has 0 fully saturated rings. The monoisotopic (exact) mass is 569 g/mol. The van der Waals surface area contributed by atoms with Crippen LogP contribution in [0.3, 0.4) is 0 Å². The van der Waals surface area contributed by atoms with E-state index in [-0.39, 0.29) is 50.7 Å². The number of aliphatic hydroxyl groups is 1. The molecule has 3 aromatic rings. The van der Waals surface area contributed by atoms with Gasteiger partial charge in [0.15, 0.2) is 12.2 Å². The second kappa shape index (κ2) is 10.0. The van der Waals surface area contributed by atoms with Gasteiger partial charge in [0.05, 0.1) is 16.3 Å². The van der Waals surface area contributed by atoms with Crippen molar-refractivity contribution in [3.63, 3.8) is 0 Å². The lowest BCUT2D eigenvalue weighted by Crippen LogP contribution is -2.47. The number of benzene rings is 3. The number of aromatic carboxylic acids is 1. The Morgan fingerprint density at radius 3 is 2.32 bits per heavy atom. The Morgan fingerprint density at radius 1 is 1.05 bits per heavy atom. The van der Waals surface area contributed by atoms with Gasteiger partial charge in [0.25, 0.3) is 5.91 Å². The van der Waals surface area contributed by atoms with Crippen molar-refractivity contribution in [1.29, 1.82) is 0 Å². The van der Waals surface area contributed by atoms with E-state index in [9.17, 15) is 33.0 Å². The molecular weight excluding hydrogens is 550 g/mol. The predicted octanol–water partition coefficient (Wildman–Crippen LogP) is 6.39. The summed E-state index contributed by atoms with van der Waals surface area (Å²) in [6.45, 7) is 0.904. The molecule has 0 unspecified atom stereocenters. The summed E-state index contributed by atoms with van der Waals surface area (Å²) in [6, 6.07) is 11.2. The summed E-state index contributed by atoms with van der Waals surface area (Å²) in [5.41, 5.74) is -4.18. The van der Waals surface area contributed by atoms with E-state index >= 15 is 0 Å². The van der Waals surface area contributed by atoms with Crippen molar-refractivity contribution in [3.8, 4) is 17.2 Å². The van der Waals surface area contributed by atoms with Gasteiger partial charge in [-0.3, -0.25) is 4.79 Å². The van der Waals surface area contributed by atoms with E-state index < -0.39 is 35.1 Å².